The average molecular weight is 292 g/mol. The fourth-order valence-corrected chi connectivity index (χ4v) is 3.10. The van der Waals surface area contributed by atoms with Crippen molar-refractivity contribution in [3.63, 3.8) is 0 Å². The average Bonchev–Trinajstić information content (AvgIpc) is 2.96. The topological polar surface area (TPSA) is 75.8 Å². The summed E-state index contributed by atoms with van der Waals surface area (Å²) in [5.41, 5.74) is 6.69. The van der Waals surface area contributed by atoms with Crippen LogP contribution in [0.25, 0.3) is 0 Å². The molecule has 2 atom stereocenters. The van der Waals surface area contributed by atoms with Gasteiger partial charge in [0.1, 0.15) is 0 Å². The van der Waals surface area contributed by atoms with E-state index < -0.39 is 0 Å². The van der Waals surface area contributed by atoms with Gasteiger partial charge in [-0.25, -0.2) is 0 Å². The molecule has 0 unspecified atom stereocenters. The fraction of sp³-hybridized carbons (Fsp3) is 0.562. The van der Waals surface area contributed by atoms with Gasteiger partial charge in [0.2, 0.25) is 5.91 Å². The van der Waals surface area contributed by atoms with Gasteiger partial charge in [0.25, 0.3) is 0 Å². The van der Waals surface area contributed by atoms with Gasteiger partial charge < -0.3 is 20.5 Å². The summed E-state index contributed by atoms with van der Waals surface area (Å²) in [5, 5.41) is 9.60. The largest absolute Gasteiger partial charge is 0.504 e. The van der Waals surface area contributed by atoms with Gasteiger partial charge in [-0.3, -0.25) is 4.79 Å². The summed E-state index contributed by atoms with van der Waals surface area (Å²) in [5.74, 6) is 1.06. The highest BCUT2D eigenvalue weighted by molar-refractivity contribution is 5.79. The molecular formula is C16H24N2O3. The summed E-state index contributed by atoms with van der Waals surface area (Å²) >= 11 is 0. The number of hydrogen-bond donors (Lipinski definition) is 2. The number of phenolic OH excluding ortho intramolecular Hbond substituents is 1. The molecule has 0 bridgehead atoms. The molecular weight excluding hydrogens is 268 g/mol. The second-order valence-electron chi connectivity index (χ2n) is 5.73. The molecule has 2 rings (SSSR count). The van der Waals surface area contributed by atoms with Crippen molar-refractivity contribution < 1.29 is 14.6 Å². The van der Waals surface area contributed by atoms with Gasteiger partial charge in [-0.05, 0) is 43.0 Å². The summed E-state index contributed by atoms with van der Waals surface area (Å²) in [7, 11) is 3.33. The van der Waals surface area contributed by atoms with Crippen LogP contribution in [0.4, 0.5) is 0 Å². The second-order valence-corrected chi connectivity index (χ2v) is 5.73. The lowest BCUT2D eigenvalue weighted by atomic mass is 9.95. The molecule has 0 spiro atoms. The summed E-state index contributed by atoms with van der Waals surface area (Å²) in [6, 6.07) is 5.15. The molecule has 0 heterocycles. The van der Waals surface area contributed by atoms with Gasteiger partial charge in [0, 0.05) is 19.5 Å². The van der Waals surface area contributed by atoms with Crippen LogP contribution in [0.2, 0.25) is 0 Å². The first-order valence-electron chi connectivity index (χ1n) is 7.37. The second kappa shape index (κ2) is 6.80. The lowest BCUT2D eigenvalue weighted by Gasteiger charge is -2.24. The van der Waals surface area contributed by atoms with Crippen molar-refractivity contribution in [3.05, 3.63) is 23.8 Å². The Morgan fingerprint density at radius 3 is 2.90 bits per heavy atom. The Balaban J connectivity index is 2.03. The number of amides is 1. The molecule has 0 saturated heterocycles. The maximum Gasteiger partial charge on any atom is 0.226 e. The van der Waals surface area contributed by atoms with Crippen LogP contribution in [0.3, 0.4) is 0 Å². The minimum Gasteiger partial charge on any atom is -0.504 e. The van der Waals surface area contributed by atoms with E-state index in [-0.39, 0.29) is 17.6 Å². The lowest BCUT2D eigenvalue weighted by Crippen LogP contribution is -2.36. The third kappa shape index (κ3) is 3.47. The van der Waals surface area contributed by atoms with Gasteiger partial charge in [-0.15, -0.1) is 0 Å². The van der Waals surface area contributed by atoms with E-state index in [2.05, 4.69) is 0 Å². The molecule has 1 aromatic rings. The van der Waals surface area contributed by atoms with Crippen LogP contribution >= 0.6 is 0 Å². The first kappa shape index (κ1) is 15.6. The van der Waals surface area contributed by atoms with Crippen LogP contribution in [0.5, 0.6) is 11.5 Å². The van der Waals surface area contributed by atoms with Crippen LogP contribution in [0, 0.1) is 11.8 Å². The van der Waals surface area contributed by atoms with E-state index >= 15 is 0 Å². The van der Waals surface area contributed by atoms with Crippen LogP contribution in [0.15, 0.2) is 18.2 Å². The van der Waals surface area contributed by atoms with Crippen molar-refractivity contribution in [3.8, 4) is 11.5 Å². The Morgan fingerprint density at radius 1 is 1.48 bits per heavy atom. The van der Waals surface area contributed by atoms with Crippen LogP contribution in [-0.4, -0.2) is 36.6 Å². The van der Waals surface area contributed by atoms with Gasteiger partial charge in [-0.1, -0.05) is 12.5 Å². The van der Waals surface area contributed by atoms with Crippen molar-refractivity contribution in [2.24, 2.45) is 17.6 Å². The SMILES string of the molecule is COc1cc(CN(C)C(=O)[C@@H]2CCC[C@@H]2CN)ccc1O. The molecule has 1 aliphatic carbocycles. The van der Waals surface area contributed by atoms with Crippen LogP contribution in [-0.2, 0) is 11.3 Å². The maximum atomic E-state index is 12.5. The number of carbonyl (C=O) groups excluding carboxylic acids is 1. The highest BCUT2D eigenvalue weighted by Gasteiger charge is 2.33. The van der Waals surface area contributed by atoms with Crippen LogP contribution in [0.1, 0.15) is 24.8 Å². The number of carbonyl (C=O) groups is 1. The zero-order chi connectivity index (χ0) is 15.4. The number of rotatable bonds is 5. The number of phenols is 1. The minimum absolute atomic E-state index is 0.0546. The molecule has 5 nitrogen and oxygen atoms in total. The molecule has 1 fully saturated rings. The van der Waals surface area contributed by atoms with Crippen molar-refractivity contribution in [2.45, 2.75) is 25.8 Å². The van der Waals surface area contributed by atoms with E-state index in [4.69, 9.17) is 10.5 Å². The molecule has 3 N–H and O–H groups in total. The lowest BCUT2D eigenvalue weighted by molar-refractivity contribution is -0.135. The number of hydrogen-bond acceptors (Lipinski definition) is 4. The monoisotopic (exact) mass is 292 g/mol. The Labute approximate surface area is 125 Å². The number of aromatic hydroxyl groups is 1. The number of nitrogens with two attached hydrogens (primary N) is 1. The molecule has 5 heteroatoms. The number of nitrogens with zero attached hydrogens (tertiary/aromatic N) is 1. The first-order valence-corrected chi connectivity index (χ1v) is 7.37. The van der Waals surface area contributed by atoms with Crippen molar-refractivity contribution in [2.75, 3.05) is 20.7 Å². The normalized spacial score (nSPS) is 21.3. The van der Waals surface area contributed by atoms with E-state index in [0.29, 0.717) is 24.8 Å². The molecule has 0 aromatic heterocycles. The number of benzene rings is 1. The van der Waals surface area contributed by atoms with Crippen molar-refractivity contribution >= 4 is 5.91 Å². The summed E-state index contributed by atoms with van der Waals surface area (Å²) in [6.07, 6.45) is 3.07. The molecule has 1 amide bonds. The van der Waals surface area contributed by atoms with E-state index in [1.54, 1.807) is 23.1 Å². The van der Waals surface area contributed by atoms with Crippen molar-refractivity contribution in [1.82, 2.24) is 4.90 Å². The van der Waals surface area contributed by atoms with Gasteiger partial charge in [-0.2, -0.15) is 0 Å². The van der Waals surface area contributed by atoms with Crippen molar-refractivity contribution in [1.29, 1.82) is 0 Å². The minimum atomic E-state index is 0.0546. The Bertz CT molecular complexity index is 504. The first-order chi connectivity index (χ1) is 10.1. The predicted molar refractivity (Wildman–Crippen MR) is 81.0 cm³/mol. The smallest absolute Gasteiger partial charge is 0.226 e. The summed E-state index contributed by atoms with van der Waals surface area (Å²) in [6.45, 7) is 1.08. The Hall–Kier alpha value is -1.75. The highest BCUT2D eigenvalue weighted by atomic mass is 16.5. The standard InChI is InChI=1S/C16H24N2O3/c1-18(16(20)13-5-3-4-12(13)9-17)10-11-6-7-14(19)15(8-11)21-2/h6-8,12-13,19H,3-5,9-10,17H2,1-2H3/t12-,13-/m1/s1. The number of ether oxygens (including phenoxy) is 1. The molecule has 1 saturated carbocycles. The van der Waals surface area contributed by atoms with E-state index in [1.165, 1.54) is 7.11 Å². The quantitative estimate of drug-likeness (QED) is 0.866. The third-order valence-corrected chi connectivity index (χ3v) is 4.32. The zero-order valence-corrected chi connectivity index (χ0v) is 12.7. The molecule has 116 valence electrons. The Morgan fingerprint density at radius 2 is 2.24 bits per heavy atom. The van der Waals surface area contributed by atoms with E-state index in [0.717, 1.165) is 24.8 Å². The summed E-state index contributed by atoms with van der Waals surface area (Å²) in [4.78, 5) is 14.3. The van der Waals surface area contributed by atoms with Gasteiger partial charge >= 0.3 is 0 Å². The maximum absolute atomic E-state index is 12.5. The van der Waals surface area contributed by atoms with Gasteiger partial charge in [0.05, 0.1) is 7.11 Å². The Kier molecular flexibility index (Phi) is 5.07. The molecule has 0 aliphatic heterocycles. The van der Waals surface area contributed by atoms with E-state index in [9.17, 15) is 9.90 Å². The zero-order valence-electron chi connectivity index (χ0n) is 12.7. The third-order valence-electron chi connectivity index (χ3n) is 4.32. The predicted octanol–water partition coefficient (Wildman–Crippen LogP) is 1.73. The van der Waals surface area contributed by atoms with E-state index in [1.807, 2.05) is 7.05 Å². The molecule has 21 heavy (non-hydrogen) atoms. The fourth-order valence-electron chi connectivity index (χ4n) is 3.10. The molecule has 1 aliphatic rings. The molecule has 0 radical (unpaired) electrons. The number of methoxy groups -OCH3 is 1. The summed E-state index contributed by atoms with van der Waals surface area (Å²) < 4.78 is 5.09. The van der Waals surface area contributed by atoms with Crippen LogP contribution < -0.4 is 10.5 Å². The molecule has 1 aromatic carbocycles. The highest BCUT2D eigenvalue weighted by Crippen LogP contribution is 2.33. The van der Waals surface area contributed by atoms with Gasteiger partial charge in [0.15, 0.2) is 11.5 Å².